The van der Waals surface area contributed by atoms with Crippen LogP contribution in [-0.4, -0.2) is 5.90 Å². The summed E-state index contributed by atoms with van der Waals surface area (Å²) in [4.78, 5) is 7.18. The van der Waals surface area contributed by atoms with Gasteiger partial charge in [-0.1, -0.05) is 78.9 Å². The molecule has 7 aliphatic rings. The van der Waals surface area contributed by atoms with Gasteiger partial charge in [-0.25, -0.2) is 4.99 Å². The van der Waals surface area contributed by atoms with Crippen LogP contribution in [0.4, 0.5) is 0 Å². The number of ether oxygens (including phenoxy) is 1. The number of rotatable bonds is 5. The molecule has 1 aliphatic heterocycles. The molecule has 0 radical (unpaired) electrons. The molecule has 2 heteroatoms. The average Bonchev–Trinajstić information content (AvgIpc) is 1.38. The molecular formula is C91H19NO. The molecule has 0 N–H and O–H groups in total. The summed E-state index contributed by atoms with van der Waals surface area (Å²) >= 11 is 0. The maximum Gasteiger partial charge on any atom is 0.218 e. The van der Waals surface area contributed by atoms with Gasteiger partial charge in [0.05, 0.1) is 10.8 Å². The summed E-state index contributed by atoms with van der Waals surface area (Å²) in [6, 6.07) is 35.4. The number of benzene rings is 25. The first-order chi connectivity index (χ1) is 46.3. The highest BCUT2D eigenvalue weighted by Gasteiger charge is 2.88. The van der Waals surface area contributed by atoms with Gasteiger partial charge in [0.1, 0.15) is 5.54 Å². The van der Waals surface area contributed by atoms with Crippen LogP contribution in [0.5, 0.6) is 0 Å². The van der Waals surface area contributed by atoms with Gasteiger partial charge in [-0.3, -0.25) is 0 Å². The number of hydrogen-bond acceptors (Lipinski definition) is 2. The zero-order chi connectivity index (χ0) is 55.8. The van der Waals surface area contributed by atoms with Gasteiger partial charge in [-0.15, -0.1) is 0 Å². The van der Waals surface area contributed by atoms with Crippen molar-refractivity contribution in [2.75, 3.05) is 0 Å². The molecule has 2 spiro atoms. The molecule has 0 aromatic heterocycles. The first-order valence-corrected chi connectivity index (χ1v) is 34.5. The molecule has 2 nitrogen and oxygen atoms in total. The summed E-state index contributed by atoms with van der Waals surface area (Å²) in [6.45, 7) is 0. The van der Waals surface area contributed by atoms with Crippen LogP contribution in [0.25, 0.3) is 323 Å². The third-order valence-corrected chi connectivity index (χ3v) is 32.3. The van der Waals surface area contributed by atoms with E-state index in [2.05, 4.69) is 91.0 Å². The molecule has 1 heterocycles. The second-order valence-corrected chi connectivity index (χ2v) is 33.2. The van der Waals surface area contributed by atoms with Gasteiger partial charge in [0, 0.05) is 16.7 Å². The van der Waals surface area contributed by atoms with Crippen molar-refractivity contribution >= 4 is 329 Å². The van der Waals surface area contributed by atoms with Gasteiger partial charge in [0.15, 0.2) is 5.60 Å². The third-order valence-electron chi connectivity index (χ3n) is 32.3. The maximum atomic E-state index is 9.35. The Labute approximate surface area is 511 Å². The number of aliphatic imine (C=N–C) groups is 1. The first kappa shape index (κ1) is 36.4. The molecule has 394 valence electrons. The van der Waals surface area contributed by atoms with Crippen molar-refractivity contribution in [1.82, 2.24) is 0 Å². The van der Waals surface area contributed by atoms with Gasteiger partial charge in [-0.05, 0) is 382 Å². The molecule has 0 bridgehead atoms. The molecule has 41 rings (SSSR count). The van der Waals surface area contributed by atoms with E-state index in [9.17, 15) is 4.74 Å². The van der Waals surface area contributed by atoms with E-state index in [0.717, 1.165) is 24.3 Å². The molecule has 4 atom stereocenters. The van der Waals surface area contributed by atoms with E-state index in [0.29, 0.717) is 0 Å². The van der Waals surface area contributed by atoms with Crippen LogP contribution < -0.4 is 0 Å². The Morgan fingerprint density at radius 1 is 0.204 bits per heavy atom. The average molecular weight is 1140 g/mol. The van der Waals surface area contributed by atoms with Gasteiger partial charge >= 0.3 is 0 Å². The molecule has 93 heavy (non-hydrogen) atoms. The SMILES string of the molecule is c1ccc(CC23c4c5c6c7c8c9c%10c%11c%12c(c%13c%14c2c2c4c4c6c6c%15c7c7c9c9c%10c%10c%12c%12c%13c%13c%14c%14c2c2c4c4c6c6c%15c%15c7c7c9c9c%10c%12c%10c%13c%12c%14c%13c2c4c2c6c4c%15c7c6c9c%10c7c%12c%13c2c4c76)C32N=C(c3ccccc3)OC%112C58Cc2ccccc2)cc1. The van der Waals surface area contributed by atoms with Crippen LogP contribution in [0.2, 0.25) is 0 Å². The van der Waals surface area contributed by atoms with Crippen molar-refractivity contribution in [1.29, 1.82) is 0 Å². The van der Waals surface area contributed by atoms with Crippen molar-refractivity contribution in [2.45, 2.75) is 34.8 Å². The van der Waals surface area contributed by atoms with Crippen LogP contribution in [0, 0.1) is 0 Å². The Kier molecular flexibility index (Phi) is 3.42. The van der Waals surface area contributed by atoms with Crippen molar-refractivity contribution in [3.63, 3.8) is 0 Å². The van der Waals surface area contributed by atoms with E-state index in [-0.39, 0.29) is 0 Å². The van der Waals surface area contributed by atoms with Crippen LogP contribution in [0.15, 0.2) is 96.0 Å². The van der Waals surface area contributed by atoms with E-state index in [1.165, 1.54) is 16.7 Å². The fourth-order valence-corrected chi connectivity index (χ4v) is 31.9. The maximum absolute atomic E-state index is 9.35. The van der Waals surface area contributed by atoms with Gasteiger partial charge < -0.3 is 4.74 Å². The molecule has 0 fully saturated rings. The lowest BCUT2D eigenvalue weighted by Crippen LogP contribution is -2.71. The molecule has 0 saturated carbocycles. The Morgan fingerprint density at radius 2 is 0.430 bits per heavy atom. The first-order valence-electron chi connectivity index (χ1n) is 34.5. The summed E-state index contributed by atoms with van der Waals surface area (Å²) in [6.07, 6.45) is 1.66. The van der Waals surface area contributed by atoms with Crippen LogP contribution >= 0.6 is 0 Å². The highest BCUT2D eigenvalue weighted by Crippen LogP contribution is 2.91. The van der Waals surface area contributed by atoms with Crippen molar-refractivity contribution < 1.29 is 4.74 Å². The quantitative estimate of drug-likeness (QED) is 0.124. The zero-order valence-electron chi connectivity index (χ0n) is 47.9. The highest BCUT2D eigenvalue weighted by molar-refractivity contribution is 6.82. The minimum atomic E-state index is -1.01. The summed E-state index contributed by atoms with van der Waals surface area (Å²) in [5.74, 6) is 0.848. The Hall–Kier alpha value is -11.5. The summed E-state index contributed by atoms with van der Waals surface area (Å²) < 4.78 is 9.35. The third kappa shape index (κ3) is 2.13. The minimum absolute atomic E-state index is 0.693. The molecule has 0 saturated heterocycles. The molecule has 4 unspecified atom stereocenters. The topological polar surface area (TPSA) is 21.6 Å². The lowest BCUT2D eigenvalue weighted by Gasteiger charge is -2.64. The second-order valence-electron chi connectivity index (χ2n) is 33.2. The molecule has 34 aromatic rings. The van der Waals surface area contributed by atoms with Crippen molar-refractivity contribution in [3.8, 4) is 0 Å². The van der Waals surface area contributed by atoms with E-state index in [4.69, 9.17) is 4.99 Å². The van der Waals surface area contributed by atoms with Gasteiger partial charge in [0.25, 0.3) is 0 Å². The van der Waals surface area contributed by atoms with E-state index < -0.39 is 22.0 Å². The van der Waals surface area contributed by atoms with E-state index >= 15 is 0 Å². The van der Waals surface area contributed by atoms with E-state index in [1.807, 2.05) is 0 Å². The number of nitrogens with zero attached hydrogens (tertiary/aromatic N) is 1. The Balaban J connectivity index is 1.02. The summed E-state index contributed by atoms with van der Waals surface area (Å²) in [7, 11) is 0. The normalized spacial score (nSPS) is 23.9. The molecule has 34 aromatic carbocycles. The molecular weight excluding hydrogens is 1120 g/mol. The summed E-state index contributed by atoms with van der Waals surface area (Å²) in [5, 5.41) is 96.6. The fourth-order valence-electron chi connectivity index (χ4n) is 31.9. The zero-order valence-corrected chi connectivity index (χ0v) is 47.9. The smallest absolute Gasteiger partial charge is 0.218 e. The highest BCUT2D eigenvalue weighted by atomic mass is 16.5. The lowest BCUT2D eigenvalue weighted by molar-refractivity contribution is -0.0861. The predicted octanol–water partition coefficient (Wildman–Crippen LogP) is 23.0. The van der Waals surface area contributed by atoms with E-state index in [1.54, 1.807) is 351 Å². The van der Waals surface area contributed by atoms with Crippen molar-refractivity contribution in [2.24, 2.45) is 4.99 Å². The van der Waals surface area contributed by atoms with Gasteiger partial charge in [-0.2, -0.15) is 0 Å². The monoisotopic (exact) mass is 1140 g/mol. The lowest BCUT2D eigenvalue weighted by atomic mass is 9.39. The molecule has 0 amide bonds. The fraction of sp³-hybridized carbons (Fsp3) is 0.0659. The van der Waals surface area contributed by atoms with Crippen LogP contribution in [-0.2, 0) is 39.5 Å². The Bertz CT molecular complexity index is 9730. The van der Waals surface area contributed by atoms with Gasteiger partial charge in [0.2, 0.25) is 5.90 Å². The summed E-state index contributed by atoms with van der Waals surface area (Å²) in [5.41, 5.74) is 10.1. The standard InChI is InChI=1S/C91H19NO/c1-4-10-18(11-5-1)16-88-81-72-65-57-47-37-29-23-21-22-25-31(29)39(47)49-41-33(25)34-26(22)32-30-24(21)28-27(23)35-43(37)53-55-45(35)46-36(28)44-38(30)48-40(32)50-42(34)52-51(41)61-67(59(49)65)76(72)83-80-71(61)62(52)68-60(50)66-58(48)64-54(44)56(46)70-69(55)78(74(81)63(53)57)85(88)86-79(70)75(64)82-73(66)77(68)84(80)91(89(82,86)17-19-12-6-2-7-13-19)90(83,88)92-87(93-91)20-14-8-3-9-15-20/h1-15H,16-17H2. The Morgan fingerprint density at radius 3 is 0.753 bits per heavy atom. The van der Waals surface area contributed by atoms with Crippen LogP contribution in [0.1, 0.15) is 50.1 Å². The van der Waals surface area contributed by atoms with Crippen LogP contribution in [0.3, 0.4) is 0 Å². The largest absolute Gasteiger partial charge is 0.461 e. The number of hydrogen-bond donors (Lipinski definition) is 0. The predicted molar refractivity (Wildman–Crippen MR) is 386 cm³/mol. The second kappa shape index (κ2) is 8.74. The minimum Gasteiger partial charge on any atom is -0.461 e. The molecule has 6 aliphatic carbocycles. The van der Waals surface area contributed by atoms with Crippen molar-refractivity contribution in [3.05, 3.63) is 141 Å².